The molecule has 0 fully saturated rings. The summed E-state index contributed by atoms with van der Waals surface area (Å²) in [6.45, 7) is 2.13. The number of carbonyl (C=O) groups excluding carboxylic acids is 1. The van der Waals surface area contributed by atoms with Gasteiger partial charge in [0.2, 0.25) is 0 Å². The lowest BCUT2D eigenvalue weighted by atomic mass is 9.98. The minimum atomic E-state index is -0.297. The van der Waals surface area contributed by atoms with Crippen LogP contribution < -0.4 is 5.32 Å². The molecule has 4 rings (SSSR count). The van der Waals surface area contributed by atoms with Crippen LogP contribution in [-0.2, 0) is 22.4 Å². The number of anilines is 1. The molecule has 1 unspecified atom stereocenters. The standard InChI is InChI=1S/C25H24FNO2/c1-2-29-25(28)20-13-19-14-21(16-23(26)22(19)15-20)27-24(17-9-5-3-6-10-17)18-11-7-4-8-12-18/h3-12,14,16,20,24,27H,2,13,15H2,1H3. The molecule has 29 heavy (non-hydrogen) atoms. The second-order valence-corrected chi connectivity index (χ2v) is 7.35. The molecule has 3 aromatic carbocycles. The summed E-state index contributed by atoms with van der Waals surface area (Å²) in [5.74, 6) is -0.811. The fraction of sp³-hybridized carbons (Fsp3) is 0.240. The predicted molar refractivity (Wildman–Crippen MR) is 112 cm³/mol. The molecule has 0 amide bonds. The Bertz CT molecular complexity index is 949. The van der Waals surface area contributed by atoms with Gasteiger partial charge in [0, 0.05) is 5.69 Å². The summed E-state index contributed by atoms with van der Waals surface area (Å²) in [5, 5.41) is 3.50. The van der Waals surface area contributed by atoms with Gasteiger partial charge >= 0.3 is 5.97 Å². The van der Waals surface area contributed by atoms with Crippen LogP contribution in [0.3, 0.4) is 0 Å². The molecule has 1 atom stereocenters. The molecule has 4 heteroatoms. The van der Waals surface area contributed by atoms with Crippen molar-refractivity contribution in [3.63, 3.8) is 0 Å². The van der Waals surface area contributed by atoms with Gasteiger partial charge in [0.25, 0.3) is 0 Å². The summed E-state index contributed by atoms with van der Waals surface area (Å²) in [6.07, 6.45) is 0.920. The van der Waals surface area contributed by atoms with Crippen molar-refractivity contribution in [3.8, 4) is 0 Å². The van der Waals surface area contributed by atoms with E-state index in [4.69, 9.17) is 4.74 Å². The molecule has 0 aliphatic heterocycles. The Morgan fingerprint density at radius 2 is 1.66 bits per heavy atom. The first-order valence-electron chi connectivity index (χ1n) is 10.00. The van der Waals surface area contributed by atoms with Crippen LogP contribution in [0.1, 0.15) is 35.2 Å². The summed E-state index contributed by atoms with van der Waals surface area (Å²) in [4.78, 5) is 12.1. The number of benzene rings is 3. The van der Waals surface area contributed by atoms with Crippen molar-refractivity contribution in [2.75, 3.05) is 11.9 Å². The third-order valence-electron chi connectivity index (χ3n) is 5.40. The second-order valence-electron chi connectivity index (χ2n) is 7.35. The predicted octanol–water partition coefficient (Wildman–Crippen LogP) is 5.31. The van der Waals surface area contributed by atoms with Crippen LogP contribution in [0.5, 0.6) is 0 Å². The lowest BCUT2D eigenvalue weighted by molar-refractivity contribution is -0.147. The lowest BCUT2D eigenvalue weighted by Gasteiger charge is -2.22. The Morgan fingerprint density at radius 3 is 2.24 bits per heavy atom. The SMILES string of the molecule is CCOC(=O)C1Cc2cc(NC(c3ccccc3)c3ccccc3)cc(F)c2C1. The fourth-order valence-corrected chi connectivity index (χ4v) is 4.02. The first-order chi connectivity index (χ1) is 14.2. The monoisotopic (exact) mass is 389 g/mol. The van der Waals surface area contributed by atoms with Crippen molar-refractivity contribution in [1.82, 2.24) is 0 Å². The Balaban J connectivity index is 1.63. The van der Waals surface area contributed by atoms with Gasteiger partial charge in [-0.3, -0.25) is 4.79 Å². The van der Waals surface area contributed by atoms with Crippen molar-refractivity contribution >= 4 is 11.7 Å². The van der Waals surface area contributed by atoms with Crippen LogP contribution in [0.2, 0.25) is 0 Å². The molecule has 0 aromatic heterocycles. The molecule has 0 saturated carbocycles. The number of hydrogen-bond donors (Lipinski definition) is 1. The van der Waals surface area contributed by atoms with Crippen molar-refractivity contribution in [2.45, 2.75) is 25.8 Å². The van der Waals surface area contributed by atoms with Crippen LogP contribution in [0, 0.1) is 11.7 Å². The third kappa shape index (κ3) is 4.16. The number of halogens is 1. The number of ether oxygens (including phenoxy) is 1. The van der Waals surface area contributed by atoms with Gasteiger partial charge in [-0.25, -0.2) is 4.39 Å². The number of fused-ring (bicyclic) bond motifs is 1. The van der Waals surface area contributed by atoms with E-state index in [1.54, 1.807) is 6.92 Å². The molecule has 1 N–H and O–H groups in total. The van der Waals surface area contributed by atoms with E-state index in [-0.39, 0.29) is 23.7 Å². The van der Waals surface area contributed by atoms with Gasteiger partial charge in [0.15, 0.2) is 0 Å². The maximum Gasteiger partial charge on any atom is 0.309 e. The maximum atomic E-state index is 14.8. The van der Waals surface area contributed by atoms with Gasteiger partial charge in [0.05, 0.1) is 18.6 Å². The first kappa shape index (κ1) is 19.2. The smallest absolute Gasteiger partial charge is 0.309 e. The maximum absolute atomic E-state index is 14.8. The molecular formula is C25H24FNO2. The number of esters is 1. The third-order valence-corrected chi connectivity index (χ3v) is 5.40. The largest absolute Gasteiger partial charge is 0.466 e. The van der Waals surface area contributed by atoms with E-state index in [2.05, 4.69) is 29.6 Å². The van der Waals surface area contributed by atoms with Crippen LogP contribution in [0.4, 0.5) is 10.1 Å². The zero-order chi connectivity index (χ0) is 20.2. The van der Waals surface area contributed by atoms with Crippen molar-refractivity contribution < 1.29 is 13.9 Å². The van der Waals surface area contributed by atoms with Gasteiger partial charge in [-0.15, -0.1) is 0 Å². The molecule has 3 nitrogen and oxygen atoms in total. The minimum Gasteiger partial charge on any atom is -0.466 e. The highest BCUT2D eigenvalue weighted by molar-refractivity contribution is 5.75. The molecule has 0 heterocycles. The van der Waals surface area contributed by atoms with Crippen LogP contribution in [0.25, 0.3) is 0 Å². The van der Waals surface area contributed by atoms with E-state index in [1.165, 1.54) is 6.07 Å². The van der Waals surface area contributed by atoms with Crippen molar-refractivity contribution in [3.05, 3.63) is 101 Å². The average molecular weight is 389 g/mol. The molecular weight excluding hydrogens is 365 g/mol. The summed E-state index contributed by atoms with van der Waals surface area (Å²) in [7, 11) is 0. The van der Waals surface area contributed by atoms with Crippen molar-refractivity contribution in [1.29, 1.82) is 0 Å². The zero-order valence-electron chi connectivity index (χ0n) is 16.4. The van der Waals surface area contributed by atoms with E-state index in [9.17, 15) is 9.18 Å². The number of rotatable bonds is 6. The highest BCUT2D eigenvalue weighted by Crippen LogP contribution is 2.34. The Morgan fingerprint density at radius 1 is 1.03 bits per heavy atom. The number of nitrogens with one attached hydrogen (secondary N) is 1. The zero-order valence-corrected chi connectivity index (χ0v) is 16.4. The average Bonchev–Trinajstić information content (AvgIpc) is 3.18. The molecule has 1 aliphatic carbocycles. The van der Waals surface area contributed by atoms with Gasteiger partial charge < -0.3 is 10.1 Å². The summed E-state index contributed by atoms with van der Waals surface area (Å²) in [6, 6.07) is 23.6. The van der Waals surface area contributed by atoms with E-state index >= 15 is 0 Å². The van der Waals surface area contributed by atoms with Gasteiger partial charge in [-0.2, -0.15) is 0 Å². The lowest BCUT2D eigenvalue weighted by Crippen LogP contribution is -2.17. The Labute approximate surface area is 170 Å². The van der Waals surface area contributed by atoms with Gasteiger partial charge in [0.1, 0.15) is 5.82 Å². The first-order valence-corrected chi connectivity index (χ1v) is 10.00. The number of hydrogen-bond acceptors (Lipinski definition) is 3. The summed E-state index contributed by atoms with van der Waals surface area (Å²) in [5.41, 5.74) is 4.42. The van der Waals surface area contributed by atoms with Gasteiger partial charge in [-0.05, 0) is 54.2 Å². The summed E-state index contributed by atoms with van der Waals surface area (Å²) < 4.78 is 20.0. The highest BCUT2D eigenvalue weighted by Gasteiger charge is 2.31. The molecule has 3 aromatic rings. The second kappa shape index (κ2) is 8.48. The fourth-order valence-electron chi connectivity index (χ4n) is 4.02. The van der Waals surface area contributed by atoms with Crippen LogP contribution in [-0.4, -0.2) is 12.6 Å². The van der Waals surface area contributed by atoms with E-state index in [1.807, 2.05) is 42.5 Å². The normalized spacial score (nSPS) is 15.2. The highest BCUT2D eigenvalue weighted by atomic mass is 19.1. The van der Waals surface area contributed by atoms with E-state index in [0.29, 0.717) is 30.7 Å². The molecule has 148 valence electrons. The van der Waals surface area contributed by atoms with Gasteiger partial charge in [-0.1, -0.05) is 60.7 Å². The molecule has 0 bridgehead atoms. The quantitative estimate of drug-likeness (QED) is 0.581. The molecule has 0 saturated heterocycles. The minimum absolute atomic E-state index is 0.0999. The Hall–Kier alpha value is -3.14. The molecule has 0 radical (unpaired) electrons. The van der Waals surface area contributed by atoms with E-state index < -0.39 is 0 Å². The van der Waals surface area contributed by atoms with E-state index in [0.717, 1.165) is 16.7 Å². The summed E-state index contributed by atoms with van der Waals surface area (Å²) >= 11 is 0. The Kier molecular flexibility index (Phi) is 5.61. The molecule has 0 spiro atoms. The van der Waals surface area contributed by atoms with Crippen LogP contribution >= 0.6 is 0 Å². The topological polar surface area (TPSA) is 38.3 Å². The number of carbonyl (C=O) groups is 1. The van der Waals surface area contributed by atoms with Crippen molar-refractivity contribution in [2.24, 2.45) is 5.92 Å². The molecule has 1 aliphatic rings. The van der Waals surface area contributed by atoms with Crippen LogP contribution in [0.15, 0.2) is 72.8 Å².